The molecule has 176 valence electrons. The minimum atomic E-state index is -3.67. The number of anilines is 1. The van der Waals surface area contributed by atoms with E-state index >= 15 is 0 Å². The van der Waals surface area contributed by atoms with Gasteiger partial charge in [0.2, 0.25) is 5.91 Å². The summed E-state index contributed by atoms with van der Waals surface area (Å²) in [5.41, 5.74) is 1.76. The van der Waals surface area contributed by atoms with Gasteiger partial charge in [0.1, 0.15) is 18.0 Å². The molecule has 9 heteroatoms. The molecule has 0 aliphatic heterocycles. The summed E-state index contributed by atoms with van der Waals surface area (Å²) in [6, 6.07) is 18.9. The lowest BCUT2D eigenvalue weighted by atomic mass is 10.2. The number of rotatable bonds is 8. The number of sulfone groups is 1. The molecule has 0 fully saturated rings. The molecule has 0 unspecified atom stereocenters. The monoisotopic (exact) mass is 498 g/mol. The van der Waals surface area contributed by atoms with Crippen LogP contribution in [0.3, 0.4) is 0 Å². The number of ether oxygens (including phenoxy) is 2. The largest absolute Gasteiger partial charge is 0.497 e. The molecule has 1 heterocycles. The van der Waals surface area contributed by atoms with Crippen LogP contribution in [0.2, 0.25) is 5.02 Å². The lowest BCUT2D eigenvalue weighted by Gasteiger charge is -2.12. The van der Waals surface area contributed by atoms with E-state index in [0.717, 1.165) is 0 Å². The number of aromatic nitrogens is 1. The van der Waals surface area contributed by atoms with Crippen molar-refractivity contribution in [2.24, 2.45) is 0 Å². The number of hydrogen-bond acceptors (Lipinski definition) is 5. The van der Waals surface area contributed by atoms with Gasteiger partial charge in [-0.1, -0.05) is 41.9 Å². The summed E-state index contributed by atoms with van der Waals surface area (Å²) in [5.74, 6) is 0.553. The molecule has 0 spiro atoms. The van der Waals surface area contributed by atoms with Gasteiger partial charge in [-0.15, -0.1) is 0 Å². The number of nitrogens with zero attached hydrogens (tertiary/aromatic N) is 1. The topological polar surface area (TPSA) is 86.6 Å². The van der Waals surface area contributed by atoms with E-state index in [0.29, 0.717) is 38.7 Å². The van der Waals surface area contributed by atoms with Gasteiger partial charge in [0.05, 0.1) is 30.6 Å². The second-order valence-electron chi connectivity index (χ2n) is 7.64. The Balaban J connectivity index is 1.62. The number of carbonyl (C=O) groups is 1. The molecule has 0 radical (unpaired) electrons. The molecule has 1 N–H and O–H groups in total. The molecule has 1 aromatic heterocycles. The van der Waals surface area contributed by atoms with Crippen molar-refractivity contribution in [3.05, 3.63) is 83.5 Å². The Kier molecular flexibility index (Phi) is 6.81. The number of nitrogens with one attached hydrogen (secondary N) is 1. The SMILES string of the molecule is COc1ccc(NC(=O)Cn2cc(S(=O)(=O)Cc3ccc(Cl)cc3)c3ccccc32)c(OC)c1. The van der Waals surface area contributed by atoms with Gasteiger partial charge in [-0.3, -0.25) is 4.79 Å². The van der Waals surface area contributed by atoms with E-state index in [4.69, 9.17) is 21.1 Å². The predicted octanol–water partition coefficient (Wildman–Crippen LogP) is 4.92. The normalized spacial score (nSPS) is 11.4. The minimum absolute atomic E-state index is 0.0772. The summed E-state index contributed by atoms with van der Waals surface area (Å²) in [4.78, 5) is 13.0. The zero-order chi connectivity index (χ0) is 24.3. The van der Waals surface area contributed by atoms with Crippen molar-refractivity contribution in [2.45, 2.75) is 17.2 Å². The van der Waals surface area contributed by atoms with Crippen molar-refractivity contribution < 1.29 is 22.7 Å². The molecule has 0 saturated carbocycles. The number of benzene rings is 3. The average Bonchev–Trinajstić information content (AvgIpc) is 3.20. The van der Waals surface area contributed by atoms with Gasteiger partial charge < -0.3 is 19.4 Å². The maximum atomic E-state index is 13.3. The van der Waals surface area contributed by atoms with Crippen molar-refractivity contribution in [3.63, 3.8) is 0 Å². The van der Waals surface area contributed by atoms with Crippen molar-refractivity contribution in [2.75, 3.05) is 19.5 Å². The fourth-order valence-corrected chi connectivity index (χ4v) is 5.42. The molecular weight excluding hydrogens is 476 g/mol. The maximum Gasteiger partial charge on any atom is 0.244 e. The molecule has 4 rings (SSSR count). The van der Waals surface area contributed by atoms with Crippen LogP contribution in [0.1, 0.15) is 5.56 Å². The van der Waals surface area contributed by atoms with E-state index in [2.05, 4.69) is 5.32 Å². The van der Waals surface area contributed by atoms with Crippen molar-refractivity contribution >= 4 is 43.9 Å². The molecule has 7 nitrogen and oxygen atoms in total. The van der Waals surface area contributed by atoms with Crippen LogP contribution in [0.15, 0.2) is 77.8 Å². The van der Waals surface area contributed by atoms with E-state index in [9.17, 15) is 13.2 Å². The Morgan fingerprint density at radius 2 is 1.74 bits per heavy atom. The van der Waals surface area contributed by atoms with E-state index in [1.165, 1.54) is 13.3 Å². The first-order valence-corrected chi connectivity index (χ1v) is 12.4. The number of methoxy groups -OCH3 is 2. The van der Waals surface area contributed by atoms with E-state index < -0.39 is 9.84 Å². The van der Waals surface area contributed by atoms with E-state index in [1.54, 1.807) is 78.4 Å². The van der Waals surface area contributed by atoms with Gasteiger partial charge in [-0.2, -0.15) is 0 Å². The molecule has 3 aromatic carbocycles. The zero-order valence-electron chi connectivity index (χ0n) is 18.6. The first-order valence-electron chi connectivity index (χ1n) is 10.4. The van der Waals surface area contributed by atoms with Crippen LogP contribution in [0, 0.1) is 0 Å². The van der Waals surface area contributed by atoms with Crippen molar-refractivity contribution in [1.29, 1.82) is 0 Å². The third-order valence-corrected chi connectivity index (χ3v) is 7.31. The standard InChI is InChI=1S/C25H23ClN2O5S/c1-32-19-11-12-21(23(13-19)33-2)27-25(29)15-28-14-24(20-5-3-4-6-22(20)28)34(30,31)16-17-7-9-18(26)10-8-17/h3-14H,15-16H2,1-2H3,(H,27,29). The van der Waals surface area contributed by atoms with Crippen LogP contribution >= 0.6 is 11.6 Å². The summed E-state index contributed by atoms with van der Waals surface area (Å²) in [7, 11) is -0.628. The molecule has 1 amide bonds. The van der Waals surface area contributed by atoms with Crippen molar-refractivity contribution in [3.8, 4) is 11.5 Å². The van der Waals surface area contributed by atoms with Gasteiger partial charge in [-0.05, 0) is 35.9 Å². The molecule has 0 bridgehead atoms. The van der Waals surface area contributed by atoms with Crippen LogP contribution in [0.25, 0.3) is 10.9 Å². The number of amides is 1. The number of carbonyl (C=O) groups excluding carboxylic acids is 1. The number of fused-ring (bicyclic) bond motifs is 1. The third-order valence-electron chi connectivity index (χ3n) is 5.35. The summed E-state index contributed by atoms with van der Waals surface area (Å²) in [6.45, 7) is -0.0772. The van der Waals surface area contributed by atoms with Crippen LogP contribution < -0.4 is 14.8 Å². The quantitative estimate of drug-likeness (QED) is 0.372. The van der Waals surface area contributed by atoms with Crippen LogP contribution in [-0.4, -0.2) is 33.1 Å². The number of para-hydroxylation sites is 1. The smallest absolute Gasteiger partial charge is 0.244 e. The Hall–Kier alpha value is -3.49. The third kappa shape index (κ3) is 5.03. The zero-order valence-corrected chi connectivity index (χ0v) is 20.2. The Morgan fingerprint density at radius 3 is 2.44 bits per heavy atom. The molecule has 34 heavy (non-hydrogen) atoms. The van der Waals surface area contributed by atoms with Crippen LogP contribution in [0.4, 0.5) is 5.69 Å². The van der Waals surface area contributed by atoms with Crippen LogP contribution in [0.5, 0.6) is 11.5 Å². The average molecular weight is 499 g/mol. The first kappa shape index (κ1) is 23.7. The molecular formula is C25H23ClN2O5S. The van der Waals surface area contributed by atoms with Gasteiger partial charge in [0.15, 0.2) is 9.84 Å². The highest BCUT2D eigenvalue weighted by atomic mass is 35.5. The second kappa shape index (κ2) is 9.79. The summed E-state index contributed by atoms with van der Waals surface area (Å²) < 4.78 is 38.7. The number of halogens is 1. The molecule has 0 atom stereocenters. The fourth-order valence-electron chi connectivity index (χ4n) is 3.72. The van der Waals surface area contributed by atoms with Gasteiger partial charge >= 0.3 is 0 Å². The van der Waals surface area contributed by atoms with Gasteiger partial charge in [0.25, 0.3) is 0 Å². The highest BCUT2D eigenvalue weighted by Gasteiger charge is 2.22. The van der Waals surface area contributed by atoms with Gasteiger partial charge in [0, 0.05) is 28.2 Å². The Labute approximate surface area is 202 Å². The fraction of sp³-hybridized carbons (Fsp3) is 0.160. The lowest BCUT2D eigenvalue weighted by Crippen LogP contribution is -2.18. The van der Waals surface area contributed by atoms with Crippen molar-refractivity contribution in [1.82, 2.24) is 4.57 Å². The summed E-state index contributed by atoms with van der Waals surface area (Å²) >= 11 is 5.92. The highest BCUT2D eigenvalue weighted by molar-refractivity contribution is 7.90. The lowest BCUT2D eigenvalue weighted by molar-refractivity contribution is -0.116. The molecule has 0 aliphatic carbocycles. The number of hydrogen-bond donors (Lipinski definition) is 1. The summed E-state index contributed by atoms with van der Waals surface area (Å²) in [5, 5.41) is 3.92. The summed E-state index contributed by atoms with van der Waals surface area (Å²) in [6.07, 6.45) is 1.51. The first-order chi connectivity index (χ1) is 16.3. The molecule has 4 aromatic rings. The maximum absolute atomic E-state index is 13.3. The van der Waals surface area contributed by atoms with E-state index in [-0.39, 0.29) is 23.1 Å². The van der Waals surface area contributed by atoms with E-state index in [1.807, 2.05) is 0 Å². The second-order valence-corrected chi connectivity index (χ2v) is 10.0. The molecule has 0 saturated heterocycles. The highest BCUT2D eigenvalue weighted by Crippen LogP contribution is 2.30. The van der Waals surface area contributed by atoms with Crippen LogP contribution in [-0.2, 0) is 26.9 Å². The Bertz CT molecular complexity index is 1450. The molecule has 0 aliphatic rings. The predicted molar refractivity (Wildman–Crippen MR) is 132 cm³/mol. The Morgan fingerprint density at radius 1 is 1.00 bits per heavy atom. The van der Waals surface area contributed by atoms with Gasteiger partial charge in [-0.25, -0.2) is 8.42 Å². The minimum Gasteiger partial charge on any atom is -0.497 e.